The van der Waals surface area contributed by atoms with E-state index in [4.69, 9.17) is 14.2 Å². The van der Waals surface area contributed by atoms with Crippen LogP contribution in [-0.4, -0.2) is 36.4 Å². The molecule has 5 heteroatoms. The lowest BCUT2D eigenvalue weighted by Gasteiger charge is -2.15. The van der Waals surface area contributed by atoms with Crippen molar-refractivity contribution in [3.05, 3.63) is 12.2 Å². The number of cyclic esters (lactones) is 1. The van der Waals surface area contributed by atoms with Gasteiger partial charge in [-0.15, -0.1) is 0 Å². The second-order valence-electron chi connectivity index (χ2n) is 7.23. The summed E-state index contributed by atoms with van der Waals surface area (Å²) in [4.78, 5) is 23.2. The highest BCUT2D eigenvalue weighted by Gasteiger charge is 2.44. The SMILES string of the molecule is CC(=O)O[C@@H]1CCCCCCCCCC[C@H](C)OC(=O)/C=C/[C@H]2O[C@H]21. The fourth-order valence-corrected chi connectivity index (χ4v) is 3.40. The summed E-state index contributed by atoms with van der Waals surface area (Å²) in [5.41, 5.74) is 0. The Morgan fingerprint density at radius 3 is 2.28 bits per heavy atom. The van der Waals surface area contributed by atoms with Crippen molar-refractivity contribution < 1.29 is 23.8 Å². The zero-order valence-electron chi connectivity index (χ0n) is 15.6. The Kier molecular flexibility index (Phi) is 8.45. The monoisotopic (exact) mass is 352 g/mol. The Balaban J connectivity index is 1.89. The van der Waals surface area contributed by atoms with Crippen molar-refractivity contribution in [2.24, 2.45) is 0 Å². The Labute approximate surface area is 151 Å². The first-order chi connectivity index (χ1) is 12.1. The summed E-state index contributed by atoms with van der Waals surface area (Å²) in [6.07, 6.45) is 13.8. The average Bonchev–Trinajstić information content (AvgIpc) is 3.32. The molecule has 25 heavy (non-hydrogen) atoms. The van der Waals surface area contributed by atoms with Crippen LogP contribution < -0.4 is 0 Å². The molecule has 0 unspecified atom stereocenters. The molecule has 2 heterocycles. The minimum absolute atomic E-state index is 0.0549. The molecule has 4 atom stereocenters. The predicted molar refractivity (Wildman–Crippen MR) is 95.1 cm³/mol. The molecule has 0 aromatic carbocycles. The number of hydrogen-bond acceptors (Lipinski definition) is 5. The summed E-state index contributed by atoms with van der Waals surface area (Å²) in [5, 5.41) is 0. The molecule has 0 bridgehead atoms. The van der Waals surface area contributed by atoms with Crippen LogP contribution in [0.2, 0.25) is 0 Å². The first-order valence-corrected chi connectivity index (χ1v) is 9.78. The first-order valence-electron chi connectivity index (χ1n) is 9.78. The summed E-state index contributed by atoms with van der Waals surface area (Å²) in [6, 6.07) is 0. The molecule has 0 aliphatic carbocycles. The molecule has 0 saturated carbocycles. The van der Waals surface area contributed by atoms with Gasteiger partial charge in [-0.25, -0.2) is 4.79 Å². The van der Waals surface area contributed by atoms with E-state index < -0.39 is 0 Å². The Bertz CT molecular complexity index is 459. The molecule has 0 radical (unpaired) electrons. The van der Waals surface area contributed by atoms with Crippen LogP contribution in [0.4, 0.5) is 0 Å². The van der Waals surface area contributed by atoms with Gasteiger partial charge in [0.05, 0.1) is 6.10 Å². The minimum Gasteiger partial charge on any atom is -0.460 e. The molecule has 2 aliphatic rings. The van der Waals surface area contributed by atoms with Gasteiger partial charge in [-0.05, 0) is 38.7 Å². The van der Waals surface area contributed by atoms with Gasteiger partial charge < -0.3 is 14.2 Å². The summed E-state index contributed by atoms with van der Waals surface area (Å²) >= 11 is 0. The Morgan fingerprint density at radius 1 is 1.04 bits per heavy atom. The maximum absolute atomic E-state index is 11.9. The number of carbonyl (C=O) groups excluding carboxylic acids is 2. The van der Waals surface area contributed by atoms with Gasteiger partial charge in [0.25, 0.3) is 0 Å². The smallest absolute Gasteiger partial charge is 0.330 e. The van der Waals surface area contributed by atoms with E-state index >= 15 is 0 Å². The molecule has 2 aliphatic heterocycles. The van der Waals surface area contributed by atoms with Crippen molar-refractivity contribution in [2.75, 3.05) is 0 Å². The second-order valence-corrected chi connectivity index (χ2v) is 7.23. The van der Waals surface area contributed by atoms with Gasteiger partial charge in [-0.2, -0.15) is 0 Å². The quantitative estimate of drug-likeness (QED) is 0.525. The van der Waals surface area contributed by atoms with E-state index in [2.05, 4.69) is 0 Å². The van der Waals surface area contributed by atoms with Crippen molar-refractivity contribution in [2.45, 2.75) is 102 Å². The van der Waals surface area contributed by atoms with E-state index in [0.717, 1.165) is 32.1 Å². The molecular weight excluding hydrogens is 320 g/mol. The van der Waals surface area contributed by atoms with Gasteiger partial charge in [0.2, 0.25) is 0 Å². The third-order valence-corrected chi connectivity index (χ3v) is 4.83. The lowest BCUT2D eigenvalue weighted by molar-refractivity contribution is -0.147. The number of epoxide rings is 1. The van der Waals surface area contributed by atoms with Crippen molar-refractivity contribution in [3.63, 3.8) is 0 Å². The topological polar surface area (TPSA) is 65.1 Å². The van der Waals surface area contributed by atoms with E-state index in [1.807, 2.05) is 6.92 Å². The van der Waals surface area contributed by atoms with Crippen LogP contribution in [0, 0.1) is 0 Å². The molecule has 0 aromatic rings. The molecule has 0 N–H and O–H groups in total. The zero-order chi connectivity index (χ0) is 18.1. The first kappa shape index (κ1) is 20.0. The lowest BCUT2D eigenvalue weighted by Crippen LogP contribution is -2.23. The number of carbonyl (C=O) groups is 2. The van der Waals surface area contributed by atoms with Gasteiger partial charge in [-0.3, -0.25) is 4.79 Å². The molecule has 0 spiro atoms. The molecule has 0 amide bonds. The standard InChI is InChI=1S/C20H32O5/c1-15-11-9-7-5-3-4-6-8-10-12-17(24-16(2)21)20-18(25-20)13-14-19(22)23-15/h13-15,17-18,20H,3-12H2,1-2H3/b14-13+/t15-,17+,18+,20-/m0/s1. The third-order valence-electron chi connectivity index (χ3n) is 4.83. The third kappa shape index (κ3) is 8.04. The summed E-state index contributed by atoms with van der Waals surface area (Å²) in [7, 11) is 0. The Hall–Kier alpha value is -1.36. The van der Waals surface area contributed by atoms with E-state index in [1.54, 1.807) is 6.08 Å². The van der Waals surface area contributed by atoms with Crippen molar-refractivity contribution in [1.82, 2.24) is 0 Å². The number of fused-ring (bicyclic) bond motifs is 1. The molecule has 5 nitrogen and oxygen atoms in total. The molecule has 1 saturated heterocycles. The van der Waals surface area contributed by atoms with Crippen molar-refractivity contribution in [1.29, 1.82) is 0 Å². The van der Waals surface area contributed by atoms with Crippen LogP contribution in [0.5, 0.6) is 0 Å². The maximum atomic E-state index is 11.9. The van der Waals surface area contributed by atoms with Gasteiger partial charge >= 0.3 is 11.9 Å². The van der Waals surface area contributed by atoms with E-state index in [0.29, 0.717) is 0 Å². The number of rotatable bonds is 1. The molecule has 2 rings (SSSR count). The fourth-order valence-electron chi connectivity index (χ4n) is 3.40. The van der Waals surface area contributed by atoms with E-state index in [1.165, 1.54) is 45.1 Å². The van der Waals surface area contributed by atoms with Gasteiger partial charge in [-0.1, -0.05) is 38.5 Å². The van der Waals surface area contributed by atoms with E-state index in [-0.39, 0.29) is 36.4 Å². The Morgan fingerprint density at radius 2 is 1.64 bits per heavy atom. The van der Waals surface area contributed by atoms with Crippen LogP contribution in [0.3, 0.4) is 0 Å². The number of hydrogen-bond donors (Lipinski definition) is 0. The summed E-state index contributed by atoms with van der Waals surface area (Å²) < 4.78 is 16.4. The molecule has 1 fully saturated rings. The van der Waals surface area contributed by atoms with Gasteiger partial charge in [0.1, 0.15) is 18.3 Å². The van der Waals surface area contributed by atoms with Crippen LogP contribution in [0.25, 0.3) is 0 Å². The van der Waals surface area contributed by atoms with Gasteiger partial charge in [0.15, 0.2) is 0 Å². The number of esters is 2. The largest absolute Gasteiger partial charge is 0.460 e. The van der Waals surface area contributed by atoms with Crippen molar-refractivity contribution in [3.8, 4) is 0 Å². The molecular formula is C20H32O5. The summed E-state index contributed by atoms with van der Waals surface area (Å²) in [6.45, 7) is 3.37. The molecule has 142 valence electrons. The van der Waals surface area contributed by atoms with Crippen LogP contribution in [-0.2, 0) is 23.8 Å². The summed E-state index contributed by atoms with van der Waals surface area (Å²) in [5.74, 6) is -0.606. The van der Waals surface area contributed by atoms with Gasteiger partial charge in [0, 0.05) is 13.0 Å². The average molecular weight is 352 g/mol. The fraction of sp³-hybridized carbons (Fsp3) is 0.800. The maximum Gasteiger partial charge on any atom is 0.330 e. The highest BCUT2D eigenvalue weighted by Crippen LogP contribution is 2.31. The lowest BCUT2D eigenvalue weighted by atomic mass is 10.0. The highest BCUT2D eigenvalue weighted by atomic mass is 16.6. The van der Waals surface area contributed by atoms with Crippen LogP contribution in [0.15, 0.2) is 12.2 Å². The highest BCUT2D eigenvalue weighted by molar-refractivity contribution is 5.82. The normalized spacial score (nSPS) is 33.9. The minimum atomic E-state index is -0.327. The zero-order valence-corrected chi connectivity index (χ0v) is 15.6. The predicted octanol–water partition coefficient (Wildman–Crippen LogP) is 4.09. The van der Waals surface area contributed by atoms with Crippen LogP contribution in [0.1, 0.15) is 78.1 Å². The van der Waals surface area contributed by atoms with E-state index in [9.17, 15) is 9.59 Å². The number of ether oxygens (including phenoxy) is 3. The van der Waals surface area contributed by atoms with Crippen LogP contribution >= 0.6 is 0 Å². The molecule has 0 aromatic heterocycles. The van der Waals surface area contributed by atoms with Crippen molar-refractivity contribution >= 4 is 11.9 Å². The second kappa shape index (κ2) is 10.6.